The standard InChI is InChI=1S/C22H19FN4OS/c1-11-6-14(19-9-24-13(3)29-19)7-16(23)20(11)21-12(2)22(28)27(21)15-4-5-17-18(8-15)26-10-25-17/h4-10,12,21H,1-3H3,(H,25,26)/t12-,21-/m1/s1. The van der Waals surface area contributed by atoms with Crippen molar-refractivity contribution in [2.45, 2.75) is 26.8 Å². The highest BCUT2D eigenvalue weighted by molar-refractivity contribution is 7.15. The summed E-state index contributed by atoms with van der Waals surface area (Å²) < 4.78 is 15.3. The van der Waals surface area contributed by atoms with Crippen molar-refractivity contribution in [2.24, 2.45) is 5.92 Å². The monoisotopic (exact) mass is 406 g/mol. The van der Waals surface area contributed by atoms with E-state index >= 15 is 4.39 Å². The first-order valence-electron chi connectivity index (χ1n) is 9.43. The van der Waals surface area contributed by atoms with E-state index in [1.807, 2.05) is 45.0 Å². The van der Waals surface area contributed by atoms with Gasteiger partial charge in [0, 0.05) is 17.4 Å². The lowest BCUT2D eigenvalue weighted by molar-refractivity contribution is -0.129. The molecule has 7 heteroatoms. The number of anilines is 1. The highest BCUT2D eigenvalue weighted by Crippen LogP contribution is 2.46. The molecule has 2 aromatic carbocycles. The van der Waals surface area contributed by atoms with Crippen LogP contribution in [0.2, 0.25) is 0 Å². The van der Waals surface area contributed by atoms with Crippen molar-refractivity contribution in [3.63, 3.8) is 0 Å². The van der Waals surface area contributed by atoms with E-state index in [0.29, 0.717) is 5.56 Å². The summed E-state index contributed by atoms with van der Waals surface area (Å²) in [6.07, 6.45) is 3.39. The molecule has 0 aliphatic carbocycles. The number of hydrogen-bond acceptors (Lipinski definition) is 4. The van der Waals surface area contributed by atoms with Crippen LogP contribution in [0.3, 0.4) is 0 Å². The van der Waals surface area contributed by atoms with E-state index in [1.165, 1.54) is 0 Å². The molecule has 2 atom stereocenters. The number of rotatable bonds is 3. The number of nitrogens with one attached hydrogen (secondary N) is 1. The minimum absolute atomic E-state index is 0.00479. The number of fused-ring (bicyclic) bond motifs is 1. The van der Waals surface area contributed by atoms with Crippen LogP contribution < -0.4 is 4.90 Å². The SMILES string of the molecule is Cc1ncc(-c2cc(C)c([C@H]3[C@@H](C)C(=O)N3c3ccc4nc[nH]c4c3)c(F)c2)s1. The summed E-state index contributed by atoms with van der Waals surface area (Å²) in [4.78, 5) is 26.9. The zero-order valence-corrected chi connectivity index (χ0v) is 17.0. The average Bonchev–Trinajstić information content (AvgIpc) is 3.34. The summed E-state index contributed by atoms with van der Waals surface area (Å²) in [7, 11) is 0. The number of imidazole rings is 1. The molecule has 1 aliphatic rings. The molecule has 5 nitrogen and oxygen atoms in total. The van der Waals surface area contributed by atoms with Gasteiger partial charge in [0.1, 0.15) is 5.82 Å². The zero-order chi connectivity index (χ0) is 20.3. The van der Waals surface area contributed by atoms with Crippen molar-refractivity contribution in [3.05, 3.63) is 64.8 Å². The fourth-order valence-corrected chi connectivity index (χ4v) is 4.91. The van der Waals surface area contributed by atoms with Gasteiger partial charge in [-0.3, -0.25) is 4.79 Å². The Labute approximate surface area is 171 Å². The van der Waals surface area contributed by atoms with Crippen molar-refractivity contribution in [2.75, 3.05) is 4.90 Å². The second-order valence-electron chi connectivity index (χ2n) is 7.48. The number of hydrogen-bond donors (Lipinski definition) is 1. The lowest BCUT2D eigenvalue weighted by Crippen LogP contribution is -2.54. The second-order valence-corrected chi connectivity index (χ2v) is 8.71. The number of thiazole rings is 1. The smallest absolute Gasteiger partial charge is 0.232 e. The molecule has 1 fully saturated rings. The van der Waals surface area contributed by atoms with Crippen LogP contribution in [-0.4, -0.2) is 20.9 Å². The summed E-state index contributed by atoms with van der Waals surface area (Å²) in [5, 5.41) is 0.945. The van der Waals surface area contributed by atoms with Crippen LogP contribution in [0.4, 0.5) is 10.1 Å². The van der Waals surface area contributed by atoms with Gasteiger partial charge < -0.3 is 9.88 Å². The average molecular weight is 406 g/mol. The van der Waals surface area contributed by atoms with Gasteiger partial charge >= 0.3 is 0 Å². The quantitative estimate of drug-likeness (QED) is 0.478. The first-order chi connectivity index (χ1) is 13.9. The van der Waals surface area contributed by atoms with Gasteiger partial charge in [-0.05, 0) is 49.2 Å². The maximum Gasteiger partial charge on any atom is 0.232 e. The van der Waals surface area contributed by atoms with Gasteiger partial charge in [0.05, 0.1) is 39.2 Å². The Morgan fingerprint density at radius 1 is 1.17 bits per heavy atom. The van der Waals surface area contributed by atoms with Crippen molar-refractivity contribution < 1.29 is 9.18 Å². The number of aromatic amines is 1. The van der Waals surface area contributed by atoms with E-state index in [9.17, 15) is 4.79 Å². The van der Waals surface area contributed by atoms with Gasteiger partial charge in [0.15, 0.2) is 0 Å². The number of H-pyrrole nitrogens is 1. The Balaban J connectivity index is 1.57. The van der Waals surface area contributed by atoms with Gasteiger partial charge in [-0.25, -0.2) is 14.4 Å². The van der Waals surface area contributed by atoms with E-state index in [1.54, 1.807) is 34.8 Å². The molecule has 1 aliphatic heterocycles. The number of benzene rings is 2. The van der Waals surface area contributed by atoms with E-state index in [0.717, 1.165) is 37.7 Å². The normalized spacial score (nSPS) is 19.0. The molecular weight excluding hydrogens is 387 g/mol. The summed E-state index contributed by atoms with van der Waals surface area (Å²) in [6.45, 7) is 5.70. The van der Waals surface area contributed by atoms with Crippen molar-refractivity contribution >= 4 is 34.0 Å². The van der Waals surface area contributed by atoms with Gasteiger partial charge in [0.25, 0.3) is 0 Å². The van der Waals surface area contributed by atoms with Crippen LogP contribution in [0.25, 0.3) is 21.5 Å². The predicted molar refractivity (Wildman–Crippen MR) is 112 cm³/mol. The number of aryl methyl sites for hydroxylation is 2. The number of carbonyl (C=O) groups is 1. The Morgan fingerprint density at radius 3 is 2.72 bits per heavy atom. The summed E-state index contributed by atoms with van der Waals surface area (Å²) in [6, 6.07) is 8.83. The number of carbonyl (C=O) groups excluding carboxylic acids is 1. The van der Waals surface area contributed by atoms with Crippen LogP contribution in [0.1, 0.15) is 29.1 Å². The lowest BCUT2D eigenvalue weighted by Gasteiger charge is -2.46. The van der Waals surface area contributed by atoms with Gasteiger partial charge in [-0.2, -0.15) is 0 Å². The topological polar surface area (TPSA) is 61.9 Å². The molecule has 1 amide bonds. The third-order valence-corrected chi connectivity index (χ3v) is 6.56. The van der Waals surface area contributed by atoms with Crippen LogP contribution in [0, 0.1) is 25.6 Å². The summed E-state index contributed by atoms with van der Waals surface area (Å²) in [5.41, 5.74) is 4.66. The third kappa shape index (κ3) is 2.76. The van der Waals surface area contributed by atoms with Gasteiger partial charge in [0.2, 0.25) is 5.91 Å². The van der Waals surface area contributed by atoms with Crippen LogP contribution >= 0.6 is 11.3 Å². The van der Waals surface area contributed by atoms with Crippen molar-refractivity contribution in [1.82, 2.24) is 15.0 Å². The number of amides is 1. The Bertz CT molecular complexity index is 1240. The molecule has 0 unspecified atom stereocenters. The third-order valence-electron chi connectivity index (χ3n) is 5.60. The van der Waals surface area contributed by atoms with Crippen LogP contribution in [-0.2, 0) is 4.79 Å². The highest BCUT2D eigenvalue weighted by atomic mass is 32.1. The highest BCUT2D eigenvalue weighted by Gasteiger charge is 2.47. The fraction of sp³-hybridized carbons (Fsp3) is 0.227. The second kappa shape index (κ2) is 6.49. The molecule has 5 rings (SSSR count). The molecule has 1 saturated heterocycles. The number of aromatic nitrogens is 3. The maximum atomic E-state index is 15.3. The molecule has 0 radical (unpaired) electrons. The number of nitrogens with zero attached hydrogens (tertiary/aromatic N) is 3. The van der Waals surface area contributed by atoms with Crippen LogP contribution in [0.15, 0.2) is 42.9 Å². The molecule has 2 aromatic heterocycles. The number of halogens is 1. The molecule has 0 bridgehead atoms. The molecule has 1 N–H and O–H groups in total. The first-order valence-corrected chi connectivity index (χ1v) is 10.2. The lowest BCUT2D eigenvalue weighted by atomic mass is 9.80. The van der Waals surface area contributed by atoms with Crippen molar-refractivity contribution in [1.29, 1.82) is 0 Å². The van der Waals surface area contributed by atoms with E-state index in [4.69, 9.17) is 0 Å². The van der Waals surface area contributed by atoms with E-state index in [2.05, 4.69) is 15.0 Å². The first kappa shape index (κ1) is 18.0. The largest absolute Gasteiger partial charge is 0.345 e. The summed E-state index contributed by atoms with van der Waals surface area (Å²) >= 11 is 1.54. The van der Waals surface area contributed by atoms with Gasteiger partial charge in [-0.1, -0.05) is 13.0 Å². The Morgan fingerprint density at radius 2 is 2.00 bits per heavy atom. The molecule has 146 valence electrons. The summed E-state index contributed by atoms with van der Waals surface area (Å²) in [5.74, 6) is -0.574. The fourth-order valence-electron chi connectivity index (χ4n) is 4.14. The van der Waals surface area contributed by atoms with E-state index in [-0.39, 0.29) is 23.7 Å². The maximum absolute atomic E-state index is 15.3. The minimum atomic E-state index is -0.333. The molecule has 4 aromatic rings. The Kier molecular flexibility index (Phi) is 4.03. The minimum Gasteiger partial charge on any atom is -0.345 e. The molecule has 3 heterocycles. The molecule has 0 spiro atoms. The van der Waals surface area contributed by atoms with Crippen LogP contribution in [0.5, 0.6) is 0 Å². The number of β-lactam (4-membered cyclic amide) rings is 1. The van der Waals surface area contributed by atoms with Crippen molar-refractivity contribution in [3.8, 4) is 10.4 Å². The zero-order valence-electron chi connectivity index (χ0n) is 16.2. The molecule has 29 heavy (non-hydrogen) atoms. The predicted octanol–water partition coefficient (Wildman–Crippen LogP) is 5.17. The van der Waals surface area contributed by atoms with Gasteiger partial charge in [-0.15, -0.1) is 11.3 Å². The molecule has 0 saturated carbocycles. The molecular formula is C22H19FN4OS. The van der Waals surface area contributed by atoms with E-state index < -0.39 is 0 Å². The Hall–Kier alpha value is -3.06.